The Kier molecular flexibility index (Phi) is 3.43. The summed E-state index contributed by atoms with van der Waals surface area (Å²) in [5, 5.41) is 8.35. The van der Waals surface area contributed by atoms with Gasteiger partial charge in [0.25, 0.3) is 0 Å². The van der Waals surface area contributed by atoms with Gasteiger partial charge in [0, 0.05) is 0 Å². The first kappa shape index (κ1) is 11.7. The van der Waals surface area contributed by atoms with Crippen LogP contribution in [-0.4, -0.2) is 26.0 Å². The zero-order valence-electron chi connectivity index (χ0n) is 8.10. The Morgan fingerprint density at radius 2 is 2.13 bits per heavy atom. The molecule has 0 saturated heterocycles. The van der Waals surface area contributed by atoms with E-state index in [9.17, 15) is 13.2 Å². The highest BCUT2D eigenvalue weighted by atomic mass is 32.2. The smallest absolute Gasteiger partial charge is 0.318 e. The quantitative estimate of drug-likeness (QED) is 0.780. The maximum atomic E-state index is 11.5. The van der Waals surface area contributed by atoms with Crippen LogP contribution >= 0.6 is 0 Å². The van der Waals surface area contributed by atoms with Crippen molar-refractivity contribution in [3.63, 3.8) is 0 Å². The molecule has 2 N–H and O–H groups in total. The Morgan fingerprint density at radius 1 is 1.47 bits per heavy atom. The Bertz CT molecular complexity index is 467. The molecular formula is C9H11NO4S. The monoisotopic (exact) mass is 229 g/mol. The first-order chi connectivity index (χ1) is 6.92. The van der Waals surface area contributed by atoms with Crippen LogP contribution in [-0.2, 0) is 14.8 Å². The second-order valence-electron chi connectivity index (χ2n) is 3.03. The first-order valence-electron chi connectivity index (χ1n) is 4.20. The van der Waals surface area contributed by atoms with Crippen molar-refractivity contribution in [3.8, 4) is 0 Å². The number of aryl methyl sites for hydroxylation is 1. The van der Waals surface area contributed by atoms with Gasteiger partial charge in [0.1, 0.15) is 6.54 Å². The third-order valence-electron chi connectivity index (χ3n) is 1.71. The summed E-state index contributed by atoms with van der Waals surface area (Å²) >= 11 is 0. The molecule has 15 heavy (non-hydrogen) atoms. The van der Waals surface area contributed by atoms with Gasteiger partial charge in [-0.05, 0) is 24.6 Å². The number of carboxylic acids is 1. The zero-order valence-corrected chi connectivity index (χ0v) is 8.91. The summed E-state index contributed by atoms with van der Waals surface area (Å²) in [6, 6.07) is 6.25. The molecule has 0 bridgehead atoms. The molecule has 0 aliphatic heterocycles. The van der Waals surface area contributed by atoms with Gasteiger partial charge < -0.3 is 5.11 Å². The van der Waals surface area contributed by atoms with E-state index in [1.54, 1.807) is 19.1 Å². The molecule has 0 spiro atoms. The standard InChI is InChI=1S/C9H11NO4S/c1-7-3-2-4-8(5-7)15(13,14)10-6-9(11)12/h2-5,10H,6H2,1H3,(H,11,12). The summed E-state index contributed by atoms with van der Waals surface area (Å²) in [4.78, 5) is 10.3. The van der Waals surface area contributed by atoms with Crippen LogP contribution in [0, 0.1) is 6.92 Å². The van der Waals surface area contributed by atoms with Crippen molar-refractivity contribution in [2.45, 2.75) is 11.8 Å². The number of carboxylic acid groups (broad SMARTS) is 1. The Balaban J connectivity index is 2.91. The number of benzene rings is 1. The predicted molar refractivity (Wildman–Crippen MR) is 54.0 cm³/mol. The lowest BCUT2D eigenvalue weighted by atomic mass is 10.2. The van der Waals surface area contributed by atoms with Crippen LogP contribution < -0.4 is 4.72 Å². The van der Waals surface area contributed by atoms with Gasteiger partial charge in [0.15, 0.2) is 0 Å². The van der Waals surface area contributed by atoms with Crippen LogP contribution in [0.15, 0.2) is 29.2 Å². The minimum Gasteiger partial charge on any atom is -0.480 e. The fourth-order valence-electron chi connectivity index (χ4n) is 1.02. The first-order valence-corrected chi connectivity index (χ1v) is 5.68. The van der Waals surface area contributed by atoms with Crippen molar-refractivity contribution in [1.29, 1.82) is 0 Å². The molecule has 1 aromatic carbocycles. The van der Waals surface area contributed by atoms with Crippen molar-refractivity contribution in [1.82, 2.24) is 4.72 Å². The minimum atomic E-state index is -3.71. The fraction of sp³-hybridized carbons (Fsp3) is 0.222. The number of carbonyl (C=O) groups is 1. The molecule has 0 amide bonds. The summed E-state index contributed by atoms with van der Waals surface area (Å²) in [6.45, 7) is 1.15. The molecule has 1 aromatic rings. The molecule has 0 saturated carbocycles. The second kappa shape index (κ2) is 4.41. The molecule has 5 nitrogen and oxygen atoms in total. The highest BCUT2D eigenvalue weighted by Crippen LogP contribution is 2.09. The predicted octanol–water partition coefficient (Wildman–Crippen LogP) is 0.358. The van der Waals surface area contributed by atoms with E-state index in [-0.39, 0.29) is 4.90 Å². The van der Waals surface area contributed by atoms with Crippen LogP contribution in [0.4, 0.5) is 0 Å². The van der Waals surface area contributed by atoms with Gasteiger partial charge in [0.05, 0.1) is 4.90 Å². The lowest BCUT2D eigenvalue weighted by Gasteiger charge is -2.04. The minimum absolute atomic E-state index is 0.0729. The second-order valence-corrected chi connectivity index (χ2v) is 4.80. The molecule has 0 aliphatic carbocycles. The largest absolute Gasteiger partial charge is 0.480 e. The molecule has 6 heteroatoms. The van der Waals surface area contributed by atoms with Crippen LogP contribution in [0.2, 0.25) is 0 Å². The maximum absolute atomic E-state index is 11.5. The molecule has 82 valence electrons. The Morgan fingerprint density at radius 3 is 2.67 bits per heavy atom. The highest BCUT2D eigenvalue weighted by Gasteiger charge is 2.14. The Hall–Kier alpha value is -1.40. The third-order valence-corrected chi connectivity index (χ3v) is 3.11. The van der Waals surface area contributed by atoms with E-state index in [4.69, 9.17) is 5.11 Å². The van der Waals surface area contributed by atoms with E-state index in [0.29, 0.717) is 0 Å². The molecule has 0 radical (unpaired) electrons. The van der Waals surface area contributed by atoms with Crippen LogP contribution in [0.5, 0.6) is 0 Å². The number of rotatable bonds is 4. The summed E-state index contributed by atoms with van der Waals surface area (Å²) in [6.07, 6.45) is 0. The van der Waals surface area contributed by atoms with E-state index in [0.717, 1.165) is 5.56 Å². The van der Waals surface area contributed by atoms with Gasteiger partial charge in [-0.3, -0.25) is 4.79 Å². The van der Waals surface area contributed by atoms with E-state index in [1.165, 1.54) is 12.1 Å². The molecule has 0 heterocycles. The molecular weight excluding hydrogens is 218 g/mol. The molecule has 0 unspecified atom stereocenters. The molecule has 1 rings (SSSR count). The van der Waals surface area contributed by atoms with Crippen molar-refractivity contribution >= 4 is 16.0 Å². The van der Waals surface area contributed by atoms with Crippen molar-refractivity contribution in [2.75, 3.05) is 6.54 Å². The van der Waals surface area contributed by atoms with E-state index >= 15 is 0 Å². The third kappa shape index (κ3) is 3.34. The van der Waals surface area contributed by atoms with Gasteiger partial charge >= 0.3 is 5.97 Å². The highest BCUT2D eigenvalue weighted by molar-refractivity contribution is 7.89. The SMILES string of the molecule is Cc1cccc(S(=O)(=O)NCC(=O)O)c1. The topological polar surface area (TPSA) is 83.5 Å². The summed E-state index contributed by atoms with van der Waals surface area (Å²) in [5.74, 6) is -1.22. The van der Waals surface area contributed by atoms with Gasteiger partial charge in [-0.15, -0.1) is 0 Å². The normalized spacial score (nSPS) is 11.3. The average Bonchev–Trinajstić information content (AvgIpc) is 2.15. The molecule has 0 aliphatic rings. The van der Waals surface area contributed by atoms with Gasteiger partial charge in [0.2, 0.25) is 10.0 Å². The number of hydrogen-bond donors (Lipinski definition) is 2. The van der Waals surface area contributed by atoms with E-state index < -0.39 is 22.5 Å². The number of aliphatic carboxylic acids is 1. The van der Waals surface area contributed by atoms with Crippen molar-refractivity contribution in [2.24, 2.45) is 0 Å². The van der Waals surface area contributed by atoms with Crippen LogP contribution in [0.3, 0.4) is 0 Å². The number of nitrogens with one attached hydrogen (secondary N) is 1. The average molecular weight is 229 g/mol. The maximum Gasteiger partial charge on any atom is 0.318 e. The van der Waals surface area contributed by atoms with E-state index in [1.807, 2.05) is 4.72 Å². The molecule has 0 atom stereocenters. The summed E-state index contributed by atoms with van der Waals surface area (Å²) in [7, 11) is -3.71. The van der Waals surface area contributed by atoms with Gasteiger partial charge in [-0.2, -0.15) is 4.72 Å². The number of hydrogen-bond acceptors (Lipinski definition) is 3. The fourth-order valence-corrected chi connectivity index (χ4v) is 2.10. The lowest BCUT2D eigenvalue weighted by molar-refractivity contribution is -0.135. The zero-order chi connectivity index (χ0) is 11.5. The molecule has 0 aromatic heterocycles. The summed E-state index contributed by atoms with van der Waals surface area (Å²) < 4.78 is 25.0. The Labute approximate surface area is 87.8 Å². The van der Waals surface area contributed by atoms with Crippen LogP contribution in [0.1, 0.15) is 5.56 Å². The van der Waals surface area contributed by atoms with Gasteiger partial charge in [-0.25, -0.2) is 8.42 Å². The number of sulfonamides is 1. The molecule has 0 fully saturated rings. The van der Waals surface area contributed by atoms with Crippen molar-refractivity contribution in [3.05, 3.63) is 29.8 Å². The summed E-state index contributed by atoms with van der Waals surface area (Å²) in [5.41, 5.74) is 0.799. The van der Waals surface area contributed by atoms with Gasteiger partial charge in [-0.1, -0.05) is 12.1 Å². The lowest BCUT2D eigenvalue weighted by Crippen LogP contribution is -2.29. The van der Waals surface area contributed by atoms with Crippen LogP contribution in [0.25, 0.3) is 0 Å². The van der Waals surface area contributed by atoms with E-state index in [2.05, 4.69) is 0 Å². The van der Waals surface area contributed by atoms with Crippen molar-refractivity contribution < 1.29 is 18.3 Å².